The van der Waals surface area contributed by atoms with E-state index in [0.717, 1.165) is 34.3 Å². The molecule has 0 radical (unpaired) electrons. The van der Waals surface area contributed by atoms with Crippen molar-refractivity contribution in [2.24, 2.45) is 5.73 Å². The largest absolute Gasteiger partial charge is 0.359 e. The van der Waals surface area contributed by atoms with Crippen LogP contribution >= 0.6 is 15.9 Å². The minimum Gasteiger partial charge on any atom is -0.359 e. The predicted molar refractivity (Wildman–Crippen MR) is 76.2 cm³/mol. The summed E-state index contributed by atoms with van der Waals surface area (Å²) in [5, 5.41) is 4.08. The molecule has 1 heterocycles. The Kier molecular flexibility index (Phi) is 4.19. The number of nitrogens with two attached hydrogens (primary N) is 1. The fourth-order valence-electron chi connectivity index (χ4n) is 1.81. The highest BCUT2D eigenvalue weighted by atomic mass is 79.9. The van der Waals surface area contributed by atoms with E-state index in [2.05, 4.69) is 41.0 Å². The number of aromatic nitrogens is 1. The van der Waals surface area contributed by atoms with E-state index >= 15 is 0 Å². The van der Waals surface area contributed by atoms with Gasteiger partial charge in [-0.1, -0.05) is 46.6 Å². The molecule has 0 amide bonds. The fraction of sp³-hybridized carbons (Fsp3) is 0.357. The minimum atomic E-state index is -0.0647. The molecule has 2 N–H and O–H groups in total. The van der Waals surface area contributed by atoms with Gasteiger partial charge in [0.1, 0.15) is 5.69 Å². The summed E-state index contributed by atoms with van der Waals surface area (Å²) in [6.07, 6.45) is 1.94. The Bertz CT molecular complexity index is 536. The Morgan fingerprint density at radius 1 is 1.39 bits per heavy atom. The Morgan fingerprint density at radius 2 is 2.17 bits per heavy atom. The standard InChI is InChI=1S/C14H17BrN2O/c1-3-4-12(16)14-8-13(17-18-14)10-6-5-9(2)11(15)7-10/h5-8,12H,3-4,16H2,1-2H3. The van der Waals surface area contributed by atoms with Crippen LogP contribution in [0.2, 0.25) is 0 Å². The molecule has 2 aromatic rings. The second kappa shape index (κ2) is 5.67. The van der Waals surface area contributed by atoms with Crippen LogP contribution in [0.3, 0.4) is 0 Å². The maximum atomic E-state index is 6.01. The number of halogens is 1. The van der Waals surface area contributed by atoms with Gasteiger partial charge in [0, 0.05) is 16.1 Å². The third-order valence-corrected chi connectivity index (χ3v) is 3.82. The molecule has 2 rings (SSSR count). The van der Waals surface area contributed by atoms with E-state index in [-0.39, 0.29) is 6.04 Å². The van der Waals surface area contributed by atoms with Crippen LogP contribution < -0.4 is 5.73 Å². The van der Waals surface area contributed by atoms with Gasteiger partial charge in [0.25, 0.3) is 0 Å². The quantitative estimate of drug-likeness (QED) is 0.920. The van der Waals surface area contributed by atoms with Crippen molar-refractivity contribution in [1.29, 1.82) is 0 Å². The number of benzene rings is 1. The molecular formula is C14H17BrN2O. The maximum absolute atomic E-state index is 6.01. The molecule has 18 heavy (non-hydrogen) atoms. The molecule has 96 valence electrons. The molecule has 0 spiro atoms. The molecule has 1 atom stereocenters. The summed E-state index contributed by atoms with van der Waals surface area (Å²) in [5.74, 6) is 0.753. The Labute approximate surface area is 115 Å². The summed E-state index contributed by atoms with van der Waals surface area (Å²) in [6, 6.07) is 8.00. The van der Waals surface area contributed by atoms with Crippen molar-refractivity contribution < 1.29 is 4.52 Å². The van der Waals surface area contributed by atoms with Gasteiger partial charge in [-0.25, -0.2) is 0 Å². The number of nitrogens with zero attached hydrogens (tertiary/aromatic N) is 1. The van der Waals surface area contributed by atoms with Crippen LogP contribution in [0.1, 0.15) is 37.1 Å². The Hall–Kier alpha value is -1.13. The summed E-state index contributed by atoms with van der Waals surface area (Å²) in [4.78, 5) is 0. The van der Waals surface area contributed by atoms with Crippen LogP contribution in [-0.4, -0.2) is 5.16 Å². The van der Waals surface area contributed by atoms with Crippen molar-refractivity contribution in [3.05, 3.63) is 40.1 Å². The Balaban J connectivity index is 2.26. The van der Waals surface area contributed by atoms with Gasteiger partial charge < -0.3 is 10.3 Å². The fourth-order valence-corrected chi connectivity index (χ4v) is 2.18. The van der Waals surface area contributed by atoms with Crippen LogP contribution in [0.25, 0.3) is 11.3 Å². The normalized spacial score (nSPS) is 12.7. The van der Waals surface area contributed by atoms with Crippen molar-refractivity contribution in [3.63, 3.8) is 0 Å². The zero-order chi connectivity index (χ0) is 13.1. The first kappa shape index (κ1) is 13.3. The average molecular weight is 309 g/mol. The summed E-state index contributed by atoms with van der Waals surface area (Å²) in [6.45, 7) is 4.16. The average Bonchev–Trinajstić information content (AvgIpc) is 2.82. The molecule has 0 saturated carbocycles. The van der Waals surface area contributed by atoms with Gasteiger partial charge >= 0.3 is 0 Å². The van der Waals surface area contributed by atoms with E-state index in [1.807, 2.05) is 18.2 Å². The van der Waals surface area contributed by atoms with E-state index in [1.54, 1.807) is 0 Å². The zero-order valence-electron chi connectivity index (χ0n) is 10.6. The maximum Gasteiger partial charge on any atom is 0.154 e. The number of hydrogen-bond acceptors (Lipinski definition) is 3. The number of rotatable bonds is 4. The lowest BCUT2D eigenvalue weighted by molar-refractivity contribution is 0.356. The van der Waals surface area contributed by atoms with Gasteiger partial charge in [0.15, 0.2) is 5.76 Å². The van der Waals surface area contributed by atoms with Gasteiger partial charge in [0.05, 0.1) is 6.04 Å². The van der Waals surface area contributed by atoms with Crippen molar-refractivity contribution in [3.8, 4) is 11.3 Å². The van der Waals surface area contributed by atoms with E-state index in [0.29, 0.717) is 0 Å². The minimum absolute atomic E-state index is 0.0647. The molecule has 0 aliphatic rings. The first-order chi connectivity index (χ1) is 8.61. The van der Waals surface area contributed by atoms with E-state index in [1.165, 1.54) is 5.56 Å². The van der Waals surface area contributed by atoms with E-state index in [4.69, 9.17) is 10.3 Å². The molecule has 1 unspecified atom stereocenters. The van der Waals surface area contributed by atoms with Crippen molar-refractivity contribution in [2.45, 2.75) is 32.7 Å². The molecule has 0 aliphatic heterocycles. The summed E-state index contributed by atoms with van der Waals surface area (Å²) < 4.78 is 6.38. The summed E-state index contributed by atoms with van der Waals surface area (Å²) >= 11 is 3.52. The van der Waals surface area contributed by atoms with Gasteiger partial charge in [0.2, 0.25) is 0 Å². The van der Waals surface area contributed by atoms with Gasteiger partial charge in [-0.2, -0.15) is 0 Å². The monoisotopic (exact) mass is 308 g/mol. The van der Waals surface area contributed by atoms with Gasteiger partial charge in [-0.3, -0.25) is 0 Å². The molecular weight excluding hydrogens is 292 g/mol. The van der Waals surface area contributed by atoms with Crippen molar-refractivity contribution in [2.75, 3.05) is 0 Å². The van der Waals surface area contributed by atoms with Crippen LogP contribution in [0.15, 0.2) is 33.3 Å². The molecule has 0 saturated heterocycles. The highest BCUT2D eigenvalue weighted by Crippen LogP contribution is 2.27. The Morgan fingerprint density at radius 3 is 2.83 bits per heavy atom. The molecule has 1 aromatic heterocycles. The third-order valence-electron chi connectivity index (χ3n) is 2.96. The molecule has 3 nitrogen and oxygen atoms in total. The second-order valence-electron chi connectivity index (χ2n) is 4.47. The highest BCUT2D eigenvalue weighted by molar-refractivity contribution is 9.10. The number of aryl methyl sites for hydroxylation is 1. The smallest absolute Gasteiger partial charge is 0.154 e. The molecule has 0 bridgehead atoms. The van der Waals surface area contributed by atoms with Crippen molar-refractivity contribution in [1.82, 2.24) is 5.16 Å². The molecule has 4 heteroatoms. The molecule has 0 fully saturated rings. The first-order valence-corrected chi connectivity index (χ1v) is 6.90. The van der Waals surface area contributed by atoms with Gasteiger partial charge in [-0.05, 0) is 25.0 Å². The molecule has 0 aliphatic carbocycles. The lowest BCUT2D eigenvalue weighted by Gasteiger charge is -2.03. The van der Waals surface area contributed by atoms with Crippen LogP contribution in [0.5, 0.6) is 0 Å². The van der Waals surface area contributed by atoms with Gasteiger partial charge in [-0.15, -0.1) is 0 Å². The third kappa shape index (κ3) is 2.82. The van der Waals surface area contributed by atoms with Crippen LogP contribution in [-0.2, 0) is 0 Å². The highest BCUT2D eigenvalue weighted by Gasteiger charge is 2.13. The van der Waals surface area contributed by atoms with Crippen LogP contribution in [0, 0.1) is 6.92 Å². The summed E-state index contributed by atoms with van der Waals surface area (Å²) in [5.41, 5.74) is 9.07. The van der Waals surface area contributed by atoms with Crippen LogP contribution in [0.4, 0.5) is 0 Å². The first-order valence-electron chi connectivity index (χ1n) is 6.10. The molecule has 1 aromatic carbocycles. The van der Waals surface area contributed by atoms with E-state index < -0.39 is 0 Å². The lowest BCUT2D eigenvalue weighted by atomic mass is 10.1. The van der Waals surface area contributed by atoms with Crippen molar-refractivity contribution >= 4 is 15.9 Å². The summed E-state index contributed by atoms with van der Waals surface area (Å²) in [7, 11) is 0. The second-order valence-corrected chi connectivity index (χ2v) is 5.33. The zero-order valence-corrected chi connectivity index (χ0v) is 12.2. The number of hydrogen-bond donors (Lipinski definition) is 1. The predicted octanol–water partition coefficient (Wildman–Crippen LogP) is 4.21. The van der Waals surface area contributed by atoms with E-state index in [9.17, 15) is 0 Å². The lowest BCUT2D eigenvalue weighted by Crippen LogP contribution is -2.08. The SMILES string of the molecule is CCCC(N)c1cc(-c2ccc(C)c(Br)c2)no1. The topological polar surface area (TPSA) is 52.0 Å².